The fourth-order valence-corrected chi connectivity index (χ4v) is 1.81. The second kappa shape index (κ2) is 3.86. The quantitative estimate of drug-likeness (QED) is 0.738. The van der Waals surface area contributed by atoms with Crippen LogP contribution in [0.3, 0.4) is 0 Å². The van der Waals surface area contributed by atoms with Gasteiger partial charge in [-0.1, -0.05) is 6.07 Å². The molecule has 0 N–H and O–H groups in total. The van der Waals surface area contributed by atoms with E-state index in [9.17, 15) is 4.79 Å². The molecule has 5 heteroatoms. The van der Waals surface area contributed by atoms with Gasteiger partial charge in [-0.25, -0.2) is 4.79 Å². The van der Waals surface area contributed by atoms with E-state index >= 15 is 0 Å². The Hall–Kier alpha value is -2.87. The van der Waals surface area contributed by atoms with Crippen LogP contribution in [0.2, 0.25) is 0 Å². The monoisotopic (exact) mass is 234 g/mol. The van der Waals surface area contributed by atoms with Gasteiger partial charge in [-0.15, -0.1) is 0 Å². The summed E-state index contributed by atoms with van der Waals surface area (Å²) in [4.78, 5) is 22.8. The molecule has 0 fully saturated rings. The lowest BCUT2D eigenvalue weighted by Crippen LogP contribution is -2.21. The molecule has 1 aliphatic rings. The molecule has 0 atom stereocenters. The second-order valence-electron chi connectivity index (χ2n) is 3.72. The van der Waals surface area contributed by atoms with Crippen LogP contribution in [0.15, 0.2) is 46.5 Å². The number of nitrogens with zero attached hydrogens (tertiary/aromatic N) is 4. The van der Waals surface area contributed by atoms with Crippen LogP contribution in [0.5, 0.6) is 0 Å². The first-order valence-electron chi connectivity index (χ1n) is 5.25. The molecule has 0 saturated heterocycles. The Morgan fingerprint density at radius 3 is 2.78 bits per heavy atom. The average molecular weight is 234 g/mol. The summed E-state index contributed by atoms with van der Waals surface area (Å²) in [5.74, 6) is 0. The summed E-state index contributed by atoms with van der Waals surface area (Å²) in [5, 5.41) is 10.1. The number of carbonyl (C=O) groups excluding carboxylic acids is 1. The van der Waals surface area contributed by atoms with Crippen molar-refractivity contribution < 1.29 is 4.79 Å². The molecule has 0 unspecified atom stereocenters. The molecule has 1 aromatic carbocycles. The van der Waals surface area contributed by atoms with E-state index < -0.39 is 6.03 Å². The van der Waals surface area contributed by atoms with Crippen LogP contribution in [0.1, 0.15) is 5.56 Å². The number of amides is 2. The van der Waals surface area contributed by atoms with E-state index in [1.165, 1.54) is 0 Å². The fraction of sp³-hybridized carbons (Fsp3) is 0. The highest BCUT2D eigenvalue weighted by Gasteiger charge is 2.09. The lowest BCUT2D eigenvalue weighted by atomic mass is 10.1. The highest BCUT2D eigenvalue weighted by Crippen LogP contribution is 2.18. The minimum atomic E-state index is -0.497. The van der Waals surface area contributed by atoms with Crippen LogP contribution in [-0.2, 0) is 0 Å². The maximum Gasteiger partial charge on any atom is 0.368 e. The Morgan fingerprint density at radius 2 is 1.94 bits per heavy atom. The van der Waals surface area contributed by atoms with Gasteiger partial charge in [0.05, 0.1) is 22.0 Å². The second-order valence-corrected chi connectivity index (χ2v) is 3.72. The van der Waals surface area contributed by atoms with Gasteiger partial charge in [-0.05, 0) is 24.3 Å². The van der Waals surface area contributed by atoms with Crippen molar-refractivity contribution in [2.75, 3.05) is 0 Å². The molecule has 1 aliphatic heterocycles. The van der Waals surface area contributed by atoms with Gasteiger partial charge < -0.3 is 0 Å². The molecule has 18 heavy (non-hydrogen) atoms. The van der Waals surface area contributed by atoms with E-state index in [2.05, 4.69) is 21.0 Å². The molecular formula is C13H6N4O. The minimum Gasteiger partial charge on any atom is -0.255 e. The van der Waals surface area contributed by atoms with Crippen molar-refractivity contribution in [2.45, 2.75) is 0 Å². The summed E-state index contributed by atoms with van der Waals surface area (Å²) in [6.07, 6.45) is 1.62. The van der Waals surface area contributed by atoms with Gasteiger partial charge in [0.1, 0.15) is 6.07 Å². The largest absolute Gasteiger partial charge is 0.368 e. The van der Waals surface area contributed by atoms with E-state index in [1.54, 1.807) is 36.5 Å². The third kappa shape index (κ3) is 1.57. The zero-order chi connectivity index (χ0) is 12.5. The molecular weight excluding hydrogens is 228 g/mol. The van der Waals surface area contributed by atoms with Gasteiger partial charge >= 0.3 is 6.03 Å². The summed E-state index contributed by atoms with van der Waals surface area (Å²) >= 11 is 0. The van der Waals surface area contributed by atoms with Gasteiger partial charge in [0.15, 0.2) is 0 Å². The number of fused-ring (bicyclic) bond motifs is 1. The number of pyridine rings is 1. The Kier molecular flexibility index (Phi) is 2.21. The molecule has 5 nitrogen and oxygen atoms in total. The Bertz CT molecular complexity index is 818. The summed E-state index contributed by atoms with van der Waals surface area (Å²) in [6, 6.07) is 10.2. The van der Waals surface area contributed by atoms with Crippen molar-refractivity contribution in [2.24, 2.45) is 9.98 Å². The highest BCUT2D eigenvalue weighted by molar-refractivity contribution is 5.78. The molecule has 0 saturated carbocycles. The van der Waals surface area contributed by atoms with Crippen LogP contribution >= 0.6 is 0 Å². The van der Waals surface area contributed by atoms with Crippen molar-refractivity contribution in [1.82, 2.24) is 4.98 Å². The number of rotatable bonds is 1. The van der Waals surface area contributed by atoms with Crippen LogP contribution in [0.4, 0.5) is 4.79 Å². The maximum atomic E-state index is 11.1. The molecule has 84 valence electrons. The third-order valence-electron chi connectivity index (χ3n) is 2.61. The van der Waals surface area contributed by atoms with Crippen LogP contribution < -0.4 is 10.7 Å². The van der Waals surface area contributed by atoms with Gasteiger partial charge in [0.25, 0.3) is 0 Å². The summed E-state index contributed by atoms with van der Waals surface area (Å²) < 4.78 is 0. The number of carbonyl (C=O) groups is 1. The summed E-state index contributed by atoms with van der Waals surface area (Å²) in [7, 11) is 0. The zero-order valence-corrected chi connectivity index (χ0v) is 9.16. The molecule has 0 aliphatic carbocycles. The predicted molar refractivity (Wildman–Crippen MR) is 62.1 cm³/mol. The Balaban J connectivity index is 2.25. The first kappa shape index (κ1) is 10.3. The SMILES string of the molecule is N#Cc1cccnc1-c1ccc2c(c1)=NC(=O)N=2. The van der Waals surface area contributed by atoms with Gasteiger partial charge in [0.2, 0.25) is 0 Å². The van der Waals surface area contributed by atoms with E-state index in [0.29, 0.717) is 22.0 Å². The van der Waals surface area contributed by atoms with E-state index in [-0.39, 0.29) is 0 Å². The standard InChI is InChI=1S/C13H6N4O/c14-7-9-2-1-5-15-12(9)8-3-4-10-11(6-8)17-13(18)16-10/h1-6H. The lowest BCUT2D eigenvalue weighted by Gasteiger charge is -2.01. The first-order valence-corrected chi connectivity index (χ1v) is 5.25. The van der Waals surface area contributed by atoms with Crippen LogP contribution in [-0.4, -0.2) is 11.0 Å². The first-order chi connectivity index (χ1) is 8.78. The average Bonchev–Trinajstić information content (AvgIpc) is 2.77. The summed E-state index contributed by atoms with van der Waals surface area (Å²) in [6.45, 7) is 0. The molecule has 2 aromatic rings. The van der Waals surface area contributed by atoms with Gasteiger partial charge in [-0.2, -0.15) is 15.2 Å². The number of hydrogen-bond acceptors (Lipinski definition) is 3. The molecule has 0 bridgehead atoms. The van der Waals surface area contributed by atoms with Crippen molar-refractivity contribution >= 4 is 6.03 Å². The van der Waals surface area contributed by atoms with Gasteiger partial charge in [-0.3, -0.25) is 4.98 Å². The number of hydrogen-bond donors (Lipinski definition) is 0. The molecule has 3 rings (SSSR count). The van der Waals surface area contributed by atoms with E-state index in [4.69, 9.17) is 5.26 Å². The molecule has 2 amide bonds. The Labute approximate surface area is 102 Å². The predicted octanol–water partition coefficient (Wildman–Crippen LogP) is 0.993. The number of aromatic nitrogens is 1. The number of benzene rings is 1. The van der Waals surface area contributed by atoms with Crippen molar-refractivity contribution in [1.29, 1.82) is 5.26 Å². The minimum absolute atomic E-state index is 0.485. The van der Waals surface area contributed by atoms with E-state index in [1.807, 2.05) is 0 Å². The maximum absolute atomic E-state index is 11.1. The Morgan fingerprint density at radius 1 is 1.11 bits per heavy atom. The smallest absolute Gasteiger partial charge is 0.255 e. The lowest BCUT2D eigenvalue weighted by molar-refractivity contribution is 0.256. The zero-order valence-electron chi connectivity index (χ0n) is 9.16. The topological polar surface area (TPSA) is 78.5 Å². The highest BCUT2D eigenvalue weighted by atomic mass is 16.2. The van der Waals surface area contributed by atoms with Gasteiger partial charge in [0, 0.05) is 11.8 Å². The number of nitriles is 1. The molecule has 2 heterocycles. The fourth-order valence-electron chi connectivity index (χ4n) is 1.81. The number of urea groups is 1. The van der Waals surface area contributed by atoms with E-state index in [0.717, 1.165) is 5.56 Å². The molecule has 0 radical (unpaired) electrons. The molecule has 0 spiro atoms. The summed E-state index contributed by atoms with van der Waals surface area (Å²) in [5.41, 5.74) is 1.82. The van der Waals surface area contributed by atoms with Crippen molar-refractivity contribution in [3.63, 3.8) is 0 Å². The van der Waals surface area contributed by atoms with Crippen LogP contribution in [0.25, 0.3) is 11.3 Å². The normalized spacial score (nSPS) is 12.3. The third-order valence-corrected chi connectivity index (χ3v) is 2.61. The van der Waals surface area contributed by atoms with Crippen LogP contribution in [0, 0.1) is 11.3 Å². The van der Waals surface area contributed by atoms with Crippen molar-refractivity contribution in [3.05, 3.63) is 52.8 Å². The molecule has 1 aromatic heterocycles. The van der Waals surface area contributed by atoms with Crippen molar-refractivity contribution in [3.8, 4) is 17.3 Å².